The van der Waals surface area contributed by atoms with Gasteiger partial charge >= 0.3 is 5.97 Å². The maximum atomic E-state index is 12.1. The van der Waals surface area contributed by atoms with Gasteiger partial charge in [0.25, 0.3) is 0 Å². The highest BCUT2D eigenvalue weighted by Crippen LogP contribution is 2.24. The first-order valence-corrected chi connectivity index (χ1v) is 11.7. The predicted octanol–water partition coefficient (Wildman–Crippen LogP) is 7.33. The van der Waals surface area contributed by atoms with Crippen LogP contribution in [0.15, 0.2) is 65.1 Å². The van der Waals surface area contributed by atoms with Crippen molar-refractivity contribution in [3.8, 4) is 17.2 Å². The first kappa shape index (κ1) is 23.1. The highest BCUT2D eigenvalue weighted by molar-refractivity contribution is 9.10. The Labute approximate surface area is 192 Å². The van der Waals surface area contributed by atoms with Crippen LogP contribution in [0.2, 0.25) is 0 Å². The molecule has 3 aromatic rings. The Kier molecular flexibility index (Phi) is 9.22. The Morgan fingerprint density at radius 2 is 1.35 bits per heavy atom. The lowest BCUT2D eigenvalue weighted by molar-refractivity contribution is -0.136. The Morgan fingerprint density at radius 1 is 0.742 bits per heavy atom. The Balaban J connectivity index is 1.38. The molecule has 164 valence electrons. The summed E-state index contributed by atoms with van der Waals surface area (Å²) in [5.74, 6) is 1.47. The molecule has 0 aliphatic rings. The van der Waals surface area contributed by atoms with Crippen LogP contribution in [0.5, 0.6) is 17.2 Å². The second-order valence-corrected chi connectivity index (χ2v) is 8.42. The van der Waals surface area contributed by atoms with E-state index in [1.165, 1.54) is 32.1 Å². The van der Waals surface area contributed by atoms with Gasteiger partial charge in [0.2, 0.25) is 0 Å². The van der Waals surface area contributed by atoms with Crippen molar-refractivity contribution in [2.45, 2.75) is 45.4 Å². The summed E-state index contributed by atoms with van der Waals surface area (Å²) < 4.78 is 17.7. The van der Waals surface area contributed by atoms with Crippen molar-refractivity contribution in [3.63, 3.8) is 0 Å². The lowest BCUT2D eigenvalue weighted by Gasteiger charge is -2.09. The molecule has 0 aliphatic carbocycles. The summed E-state index contributed by atoms with van der Waals surface area (Å²) in [4.78, 5) is 12.1. The first-order valence-electron chi connectivity index (χ1n) is 10.9. The molecule has 0 saturated heterocycles. The van der Waals surface area contributed by atoms with E-state index in [9.17, 15) is 4.79 Å². The summed E-state index contributed by atoms with van der Waals surface area (Å²) in [6.45, 7) is 2.79. The van der Waals surface area contributed by atoms with Gasteiger partial charge < -0.3 is 14.2 Å². The number of benzene rings is 3. The SMILES string of the molecule is CCCCCCCCOc1ccc(OCC(=O)Oc2ccc3cc(Br)ccc3c2)cc1. The van der Waals surface area contributed by atoms with E-state index in [0.29, 0.717) is 11.5 Å². The van der Waals surface area contributed by atoms with Crippen molar-refractivity contribution >= 4 is 32.7 Å². The van der Waals surface area contributed by atoms with Crippen molar-refractivity contribution < 1.29 is 19.0 Å². The van der Waals surface area contributed by atoms with Gasteiger partial charge in [-0.25, -0.2) is 4.79 Å². The number of hydrogen-bond acceptors (Lipinski definition) is 4. The highest BCUT2D eigenvalue weighted by Gasteiger charge is 2.08. The number of fused-ring (bicyclic) bond motifs is 1. The lowest BCUT2D eigenvalue weighted by Crippen LogP contribution is -2.17. The Bertz CT molecular complexity index is 969. The molecule has 0 radical (unpaired) electrons. The van der Waals surface area contributed by atoms with Crippen molar-refractivity contribution in [2.75, 3.05) is 13.2 Å². The van der Waals surface area contributed by atoms with Crippen molar-refractivity contribution in [1.29, 1.82) is 0 Å². The molecule has 0 saturated carbocycles. The van der Waals surface area contributed by atoms with Crippen LogP contribution in [-0.2, 0) is 4.79 Å². The summed E-state index contributed by atoms with van der Waals surface area (Å²) in [7, 11) is 0. The van der Waals surface area contributed by atoms with Crippen LogP contribution >= 0.6 is 15.9 Å². The molecule has 0 aromatic heterocycles. The van der Waals surface area contributed by atoms with Crippen LogP contribution in [0.4, 0.5) is 0 Å². The summed E-state index contributed by atoms with van der Waals surface area (Å²) in [6.07, 6.45) is 7.44. The average Bonchev–Trinajstić information content (AvgIpc) is 2.78. The smallest absolute Gasteiger partial charge is 0.349 e. The van der Waals surface area contributed by atoms with Crippen molar-refractivity contribution in [3.05, 3.63) is 65.1 Å². The number of carbonyl (C=O) groups is 1. The van der Waals surface area contributed by atoms with Crippen molar-refractivity contribution in [2.24, 2.45) is 0 Å². The summed E-state index contributed by atoms with van der Waals surface area (Å²) >= 11 is 3.45. The number of rotatable bonds is 12. The van der Waals surface area contributed by atoms with Gasteiger partial charge in [-0.15, -0.1) is 0 Å². The zero-order valence-electron chi connectivity index (χ0n) is 17.9. The van der Waals surface area contributed by atoms with Gasteiger partial charge in [-0.2, -0.15) is 0 Å². The standard InChI is InChI=1S/C26H29BrO4/c1-2-3-4-5-6-7-16-29-23-12-14-24(15-13-23)30-19-26(28)31-25-11-9-20-17-22(27)10-8-21(20)18-25/h8-15,17-18H,2-7,16,19H2,1H3. The highest BCUT2D eigenvalue weighted by atomic mass is 79.9. The maximum Gasteiger partial charge on any atom is 0.349 e. The van der Waals surface area contributed by atoms with E-state index in [1.54, 1.807) is 18.2 Å². The molecular formula is C26H29BrO4. The van der Waals surface area contributed by atoms with Crippen molar-refractivity contribution in [1.82, 2.24) is 0 Å². The van der Waals surface area contributed by atoms with Crippen LogP contribution in [0.3, 0.4) is 0 Å². The summed E-state index contributed by atoms with van der Waals surface area (Å²) in [5.41, 5.74) is 0. The van der Waals surface area contributed by atoms with Gasteiger partial charge in [0.1, 0.15) is 17.2 Å². The third-order valence-electron chi connectivity index (χ3n) is 4.95. The van der Waals surface area contributed by atoms with E-state index in [-0.39, 0.29) is 6.61 Å². The minimum absolute atomic E-state index is 0.156. The average molecular weight is 485 g/mol. The normalized spacial score (nSPS) is 10.8. The first-order chi connectivity index (χ1) is 15.1. The van der Waals surface area contributed by atoms with Gasteiger partial charge in [-0.3, -0.25) is 0 Å². The molecule has 0 unspecified atom stereocenters. The van der Waals surface area contributed by atoms with Gasteiger partial charge in [-0.05, 0) is 65.7 Å². The van der Waals surface area contributed by atoms with E-state index in [1.807, 2.05) is 42.5 Å². The van der Waals surface area contributed by atoms with Crippen LogP contribution in [0.25, 0.3) is 10.8 Å². The molecule has 0 amide bonds. The van der Waals surface area contributed by atoms with E-state index in [4.69, 9.17) is 14.2 Å². The maximum absolute atomic E-state index is 12.1. The Morgan fingerprint density at radius 3 is 2.13 bits per heavy atom. The Hall–Kier alpha value is -2.53. The molecule has 3 aromatic carbocycles. The summed E-state index contributed by atoms with van der Waals surface area (Å²) in [5, 5.41) is 2.08. The number of hydrogen-bond donors (Lipinski definition) is 0. The van der Waals surface area contributed by atoms with Crippen LogP contribution in [-0.4, -0.2) is 19.2 Å². The van der Waals surface area contributed by atoms with Gasteiger partial charge in [-0.1, -0.05) is 67.1 Å². The molecule has 0 fully saturated rings. The molecule has 31 heavy (non-hydrogen) atoms. The predicted molar refractivity (Wildman–Crippen MR) is 128 cm³/mol. The lowest BCUT2D eigenvalue weighted by atomic mass is 10.1. The van der Waals surface area contributed by atoms with Crippen LogP contribution in [0.1, 0.15) is 45.4 Å². The molecular weight excluding hydrogens is 456 g/mol. The van der Waals surface area contributed by atoms with Crippen LogP contribution in [0, 0.1) is 0 Å². The van der Waals surface area contributed by atoms with E-state index in [0.717, 1.165) is 34.0 Å². The second-order valence-electron chi connectivity index (χ2n) is 7.50. The molecule has 4 nitrogen and oxygen atoms in total. The largest absolute Gasteiger partial charge is 0.494 e. The minimum atomic E-state index is -0.445. The van der Waals surface area contributed by atoms with Gasteiger partial charge in [0.05, 0.1) is 6.61 Å². The molecule has 0 spiro atoms. The molecule has 0 bridgehead atoms. The molecule has 0 N–H and O–H groups in total. The van der Waals surface area contributed by atoms with Gasteiger partial charge in [0.15, 0.2) is 6.61 Å². The topological polar surface area (TPSA) is 44.8 Å². The van der Waals surface area contributed by atoms with E-state index in [2.05, 4.69) is 22.9 Å². The van der Waals surface area contributed by atoms with E-state index >= 15 is 0 Å². The number of halogens is 1. The molecule has 0 atom stereocenters. The number of carbonyl (C=O) groups excluding carboxylic acids is 1. The third-order valence-corrected chi connectivity index (χ3v) is 5.45. The van der Waals surface area contributed by atoms with E-state index < -0.39 is 5.97 Å². The zero-order valence-corrected chi connectivity index (χ0v) is 19.5. The monoisotopic (exact) mass is 484 g/mol. The summed E-state index contributed by atoms with van der Waals surface area (Å²) in [6, 6.07) is 18.8. The third kappa shape index (κ3) is 7.91. The number of ether oxygens (including phenoxy) is 3. The molecule has 3 rings (SSSR count). The zero-order chi connectivity index (χ0) is 21.9. The molecule has 0 heterocycles. The molecule has 5 heteroatoms. The van der Waals surface area contributed by atoms with Gasteiger partial charge in [0, 0.05) is 4.47 Å². The fraction of sp³-hybridized carbons (Fsp3) is 0.346. The quantitative estimate of drug-likeness (QED) is 0.153. The number of esters is 1. The molecule has 0 aliphatic heterocycles. The minimum Gasteiger partial charge on any atom is -0.494 e. The fourth-order valence-electron chi connectivity index (χ4n) is 3.27. The van der Waals surface area contributed by atoms with Crippen LogP contribution < -0.4 is 14.2 Å². The second kappa shape index (κ2) is 12.4. The fourth-order valence-corrected chi connectivity index (χ4v) is 3.64. The number of unbranched alkanes of at least 4 members (excludes halogenated alkanes) is 5.